The van der Waals surface area contributed by atoms with Gasteiger partial charge in [0.15, 0.2) is 0 Å². The number of halogens is 1. The summed E-state index contributed by atoms with van der Waals surface area (Å²) >= 11 is 5.01. The molecule has 0 bridgehead atoms. The smallest absolute Gasteiger partial charge is 1.00 e. The van der Waals surface area contributed by atoms with Gasteiger partial charge in [-0.1, -0.05) is 0 Å². The zero-order chi connectivity index (χ0) is 5.15. The summed E-state index contributed by atoms with van der Waals surface area (Å²) < 4.78 is 0. The normalized spacial score (nSPS) is 11.7. The van der Waals surface area contributed by atoms with Crippen molar-refractivity contribution < 1.29 is 12.8 Å². The summed E-state index contributed by atoms with van der Waals surface area (Å²) in [5, 5.41) is 7.10. The maximum absolute atomic E-state index is 9.57. The number of aliphatic carboxylic acids is 1. The third kappa shape index (κ3) is 6.53. The summed E-state index contributed by atoms with van der Waals surface area (Å²) in [4.78, 5) is 9.57. The van der Waals surface area contributed by atoms with Crippen molar-refractivity contribution in [1.82, 2.24) is 0 Å². The zero-order valence-electron chi connectivity index (χ0n) is 6.02. The predicted molar refractivity (Wildman–Crippen MR) is 30.9 cm³/mol. The van der Waals surface area contributed by atoms with Crippen molar-refractivity contribution >= 4 is 40.6 Å². The Kier molecular flexibility index (Phi) is 7.02. The molecule has 0 radical (unpaired) electrons. The maximum Gasteiger partial charge on any atom is 2.00 e. The van der Waals surface area contributed by atoms with Crippen LogP contribution in [0.5, 0.6) is 0 Å². The Labute approximate surface area is 66.0 Å². The Balaban J connectivity index is -0.0000000417. The van der Waals surface area contributed by atoms with Crippen LogP contribution in [0.1, 0.15) is 9.78 Å². The van der Waals surface area contributed by atoms with Crippen molar-refractivity contribution in [2.45, 2.75) is 12.3 Å². The Hall–Kier alpha value is 0.526. The van der Waals surface area contributed by atoms with E-state index in [0.29, 0.717) is 0 Å². The van der Waals surface area contributed by atoms with E-state index in [9.17, 15) is 4.79 Å². The molecule has 0 aromatic rings. The molecule has 4 heteroatoms. The Bertz CT molecular complexity index is 70.8. The van der Waals surface area contributed by atoms with Gasteiger partial charge in [0.25, 0.3) is 0 Å². The maximum atomic E-state index is 9.57. The fourth-order valence-electron chi connectivity index (χ4n) is 0. The van der Waals surface area contributed by atoms with Crippen LogP contribution in [0, 0.1) is 0 Å². The van der Waals surface area contributed by atoms with Gasteiger partial charge in [-0.2, -0.15) is 0 Å². The summed E-state index contributed by atoms with van der Waals surface area (Å²) in [5.74, 6) is -0.975. The van der Waals surface area contributed by atoms with Crippen LogP contribution in [0.2, 0.25) is 0 Å². The summed E-state index contributed by atoms with van der Waals surface area (Å²) in [7, 11) is 0. The van der Waals surface area contributed by atoms with Crippen LogP contribution >= 0.6 is 11.6 Å². The largest absolute Gasteiger partial charge is 2.00 e. The Morgan fingerprint density at radius 3 is 2.14 bits per heavy atom. The molecule has 1 N–H and O–H groups in total. The zero-order valence-corrected chi connectivity index (χ0v) is 6.19. The van der Waals surface area contributed by atoms with E-state index in [1.165, 1.54) is 6.92 Å². The molecular weight excluding hydrogens is 128 g/mol. The number of alkyl halides is 1. The van der Waals surface area contributed by atoms with E-state index in [-0.39, 0.29) is 25.9 Å². The van der Waals surface area contributed by atoms with Gasteiger partial charge in [-0.15, -0.1) is 11.6 Å². The molecule has 0 saturated carbocycles. The predicted octanol–water partition coefficient (Wildman–Crippen LogP) is 0.542. The van der Waals surface area contributed by atoms with Crippen molar-refractivity contribution in [2.24, 2.45) is 0 Å². The van der Waals surface area contributed by atoms with Crippen LogP contribution in [-0.4, -0.2) is 39.5 Å². The van der Waals surface area contributed by atoms with Crippen LogP contribution in [0.3, 0.4) is 0 Å². The Morgan fingerprint density at radius 1 is 2.00 bits per heavy atom. The van der Waals surface area contributed by atoms with Gasteiger partial charge < -0.3 is 7.96 Å². The van der Waals surface area contributed by atoms with E-state index >= 15 is 0 Å². The molecule has 1 unspecified atom stereocenters. The molecule has 0 aliphatic carbocycles. The first kappa shape index (κ1) is 10.5. The topological polar surface area (TPSA) is 37.3 Å². The fraction of sp³-hybridized carbons (Fsp3) is 0.667. The molecule has 40 valence electrons. The number of carboxylic acids is 1. The average molecular weight is 135 g/mol. The molecule has 2 nitrogen and oxygen atoms in total. The second kappa shape index (κ2) is 4.68. The SMILES string of the molecule is CC(Cl)C(=O)O.[H-].[H-].[Mg+2]. The molecule has 0 aromatic heterocycles. The minimum Gasteiger partial charge on any atom is -1.00 e. The van der Waals surface area contributed by atoms with Gasteiger partial charge >= 0.3 is 29.0 Å². The van der Waals surface area contributed by atoms with Crippen LogP contribution in [0.4, 0.5) is 0 Å². The average Bonchev–Trinajstić information content (AvgIpc) is 1.36. The van der Waals surface area contributed by atoms with E-state index in [1.54, 1.807) is 0 Å². The molecule has 7 heavy (non-hydrogen) atoms. The van der Waals surface area contributed by atoms with E-state index in [0.717, 1.165) is 0 Å². The third-order valence-corrected chi connectivity index (χ3v) is 0.527. The quantitative estimate of drug-likeness (QED) is 0.420. The fourth-order valence-corrected chi connectivity index (χ4v) is 0. The first-order chi connectivity index (χ1) is 2.64. The van der Waals surface area contributed by atoms with Gasteiger partial charge in [-0.3, -0.25) is 4.79 Å². The summed E-state index contributed by atoms with van der Waals surface area (Å²) in [6.07, 6.45) is 0. The van der Waals surface area contributed by atoms with Crippen molar-refractivity contribution in [3.05, 3.63) is 0 Å². The van der Waals surface area contributed by atoms with Crippen LogP contribution < -0.4 is 0 Å². The molecule has 0 fully saturated rings. The van der Waals surface area contributed by atoms with Crippen LogP contribution in [-0.2, 0) is 4.79 Å². The molecule has 0 spiro atoms. The van der Waals surface area contributed by atoms with Gasteiger partial charge in [0.2, 0.25) is 0 Å². The second-order valence-corrected chi connectivity index (χ2v) is 1.61. The minimum absolute atomic E-state index is 0. The van der Waals surface area contributed by atoms with Crippen LogP contribution in [0.15, 0.2) is 0 Å². The van der Waals surface area contributed by atoms with Crippen LogP contribution in [0.25, 0.3) is 0 Å². The second-order valence-electron chi connectivity index (χ2n) is 0.954. The van der Waals surface area contributed by atoms with Gasteiger partial charge in [0.05, 0.1) is 0 Å². The van der Waals surface area contributed by atoms with E-state index < -0.39 is 11.3 Å². The van der Waals surface area contributed by atoms with E-state index in [1.807, 2.05) is 0 Å². The number of carbonyl (C=O) groups is 1. The van der Waals surface area contributed by atoms with Crippen molar-refractivity contribution in [2.75, 3.05) is 0 Å². The number of hydrogen-bond acceptors (Lipinski definition) is 1. The summed E-state index contributed by atoms with van der Waals surface area (Å²) in [6.45, 7) is 1.41. The number of hydrogen-bond donors (Lipinski definition) is 1. The molecule has 0 amide bonds. The van der Waals surface area contributed by atoms with Gasteiger partial charge in [0.1, 0.15) is 5.38 Å². The van der Waals surface area contributed by atoms with Crippen molar-refractivity contribution in [1.29, 1.82) is 0 Å². The molecular formula is C3H7ClMgO2. The molecule has 0 saturated heterocycles. The van der Waals surface area contributed by atoms with Gasteiger partial charge in [0, 0.05) is 0 Å². The number of carboxylic acid groups (broad SMARTS) is 1. The van der Waals surface area contributed by atoms with Gasteiger partial charge in [-0.25, -0.2) is 0 Å². The molecule has 0 heterocycles. The van der Waals surface area contributed by atoms with Gasteiger partial charge in [-0.05, 0) is 6.92 Å². The Morgan fingerprint density at radius 2 is 2.14 bits per heavy atom. The third-order valence-electron chi connectivity index (χ3n) is 0.340. The number of rotatable bonds is 1. The first-order valence-electron chi connectivity index (χ1n) is 1.51. The van der Waals surface area contributed by atoms with E-state index in [4.69, 9.17) is 16.7 Å². The summed E-state index contributed by atoms with van der Waals surface area (Å²) in [5.41, 5.74) is 0. The molecule has 0 aromatic carbocycles. The van der Waals surface area contributed by atoms with Crippen molar-refractivity contribution in [3.63, 3.8) is 0 Å². The minimum atomic E-state index is -0.975. The van der Waals surface area contributed by atoms with Crippen molar-refractivity contribution in [3.8, 4) is 0 Å². The monoisotopic (exact) mass is 134 g/mol. The summed E-state index contributed by atoms with van der Waals surface area (Å²) in [6, 6.07) is 0. The van der Waals surface area contributed by atoms with E-state index in [2.05, 4.69) is 0 Å². The molecule has 1 atom stereocenters. The first-order valence-corrected chi connectivity index (χ1v) is 1.95. The molecule has 0 aliphatic heterocycles. The molecule has 0 rings (SSSR count). The standard InChI is InChI=1S/C3H5ClO2.Mg.2H/c1-2(4)3(5)6;;;/h2H,1H3,(H,5,6);;;/q;+2;2*-1. The molecule has 0 aliphatic rings.